The van der Waals surface area contributed by atoms with E-state index in [4.69, 9.17) is 4.74 Å². The number of ether oxygens (including phenoxy) is 1. The Hall–Kier alpha value is -7.16. The molecule has 1 spiro atoms. The number of hydrogen-bond donors (Lipinski definition) is 0. The summed E-state index contributed by atoms with van der Waals surface area (Å²) in [4.78, 5) is 2.42. The van der Waals surface area contributed by atoms with Crippen molar-refractivity contribution in [2.75, 3.05) is 4.90 Å². The van der Waals surface area contributed by atoms with Crippen molar-refractivity contribution in [1.82, 2.24) is 0 Å². The normalized spacial score (nSPS) is 13.0. The number of fused-ring (bicyclic) bond motifs is 10. The van der Waals surface area contributed by atoms with Gasteiger partial charge in [-0.2, -0.15) is 0 Å². The van der Waals surface area contributed by atoms with Gasteiger partial charge in [-0.3, -0.25) is 0 Å². The fourth-order valence-corrected chi connectivity index (χ4v) is 9.20. The molecular formula is C53H35NO. The maximum Gasteiger partial charge on any atom is 0.132 e. The predicted octanol–water partition coefficient (Wildman–Crippen LogP) is 14.1. The van der Waals surface area contributed by atoms with Crippen LogP contribution >= 0.6 is 0 Å². The van der Waals surface area contributed by atoms with E-state index in [0.717, 1.165) is 39.7 Å². The molecule has 0 atom stereocenters. The van der Waals surface area contributed by atoms with Crippen LogP contribution in [0.3, 0.4) is 0 Å². The van der Waals surface area contributed by atoms with E-state index < -0.39 is 5.41 Å². The Labute approximate surface area is 321 Å². The zero-order valence-corrected chi connectivity index (χ0v) is 30.1. The molecule has 9 aromatic rings. The molecule has 0 bridgehead atoms. The summed E-state index contributed by atoms with van der Waals surface area (Å²) in [6.45, 7) is 0. The standard InChI is InChI=1S/C53H35NO/c1-3-15-36(16-4-1)39-30-29-37-17-13-21-42(44(37)35-39)38-31-33-41(34-32-38)54(40-18-5-2-6-19-40)49-26-14-25-48-52(49)43-20-7-8-22-45(43)53(48)46-23-9-11-27-50(46)55-51-28-12-10-24-47(51)53/h1-35H. The highest BCUT2D eigenvalue weighted by Crippen LogP contribution is 2.64. The average Bonchev–Trinajstić information content (AvgIpc) is 3.55. The molecule has 0 aromatic heterocycles. The minimum absolute atomic E-state index is 0.535. The summed E-state index contributed by atoms with van der Waals surface area (Å²) in [7, 11) is 0. The Balaban J connectivity index is 1.10. The van der Waals surface area contributed by atoms with Crippen LogP contribution in [0.5, 0.6) is 11.5 Å². The van der Waals surface area contributed by atoms with Crippen LogP contribution in [-0.4, -0.2) is 0 Å². The molecule has 0 fully saturated rings. The molecule has 0 saturated heterocycles. The SMILES string of the molecule is c1ccc(-c2ccc3cccc(-c4ccc(N(c5ccccc5)c5cccc6c5-c5ccccc5C65c6ccccc6Oc6ccccc65)cc4)c3c2)cc1. The molecule has 2 heteroatoms. The van der Waals surface area contributed by atoms with E-state index in [1.807, 2.05) is 0 Å². The van der Waals surface area contributed by atoms with E-state index >= 15 is 0 Å². The van der Waals surface area contributed by atoms with Gasteiger partial charge in [-0.25, -0.2) is 0 Å². The van der Waals surface area contributed by atoms with Gasteiger partial charge in [-0.1, -0.05) is 164 Å². The number of benzene rings is 9. The van der Waals surface area contributed by atoms with Crippen molar-refractivity contribution in [3.05, 3.63) is 235 Å². The predicted molar refractivity (Wildman–Crippen MR) is 227 cm³/mol. The van der Waals surface area contributed by atoms with Crippen molar-refractivity contribution in [2.45, 2.75) is 5.41 Å². The highest BCUT2D eigenvalue weighted by molar-refractivity contribution is 6.01. The molecule has 2 nitrogen and oxygen atoms in total. The van der Waals surface area contributed by atoms with Crippen molar-refractivity contribution in [3.8, 4) is 44.9 Å². The Morgan fingerprint density at radius 3 is 1.67 bits per heavy atom. The third kappa shape index (κ3) is 4.75. The van der Waals surface area contributed by atoms with E-state index in [9.17, 15) is 0 Å². The van der Waals surface area contributed by atoms with Gasteiger partial charge in [0.1, 0.15) is 11.5 Å². The summed E-state index contributed by atoms with van der Waals surface area (Å²) in [6.07, 6.45) is 0. The second-order valence-corrected chi connectivity index (χ2v) is 14.4. The fourth-order valence-electron chi connectivity index (χ4n) is 9.20. The summed E-state index contributed by atoms with van der Waals surface area (Å²) < 4.78 is 6.60. The zero-order valence-electron chi connectivity index (χ0n) is 30.1. The maximum absolute atomic E-state index is 6.60. The molecule has 0 unspecified atom stereocenters. The van der Waals surface area contributed by atoms with E-state index in [1.165, 1.54) is 55.3 Å². The first kappa shape index (κ1) is 31.4. The number of rotatable bonds is 5. The molecular weight excluding hydrogens is 667 g/mol. The van der Waals surface area contributed by atoms with Crippen LogP contribution in [-0.2, 0) is 5.41 Å². The minimum Gasteiger partial charge on any atom is -0.457 e. The zero-order chi connectivity index (χ0) is 36.3. The van der Waals surface area contributed by atoms with Gasteiger partial charge in [0.05, 0.1) is 11.1 Å². The van der Waals surface area contributed by atoms with Crippen LogP contribution in [0.4, 0.5) is 17.1 Å². The maximum atomic E-state index is 6.60. The second kappa shape index (κ2) is 12.5. The number of hydrogen-bond acceptors (Lipinski definition) is 2. The van der Waals surface area contributed by atoms with Crippen molar-refractivity contribution in [2.24, 2.45) is 0 Å². The summed E-state index contributed by atoms with van der Waals surface area (Å²) in [5.41, 5.74) is 15.0. The van der Waals surface area contributed by atoms with Crippen LogP contribution in [0, 0.1) is 0 Å². The monoisotopic (exact) mass is 701 g/mol. The van der Waals surface area contributed by atoms with Gasteiger partial charge in [0.15, 0.2) is 0 Å². The molecule has 9 aromatic carbocycles. The molecule has 2 aliphatic rings. The average molecular weight is 702 g/mol. The van der Waals surface area contributed by atoms with Crippen LogP contribution < -0.4 is 9.64 Å². The Bertz CT molecular complexity index is 2850. The van der Waals surface area contributed by atoms with Crippen molar-refractivity contribution in [3.63, 3.8) is 0 Å². The molecule has 1 aliphatic carbocycles. The summed E-state index contributed by atoms with van der Waals surface area (Å²) in [5.74, 6) is 1.79. The van der Waals surface area contributed by atoms with E-state index in [-0.39, 0.29) is 0 Å². The lowest BCUT2D eigenvalue weighted by Crippen LogP contribution is -2.32. The van der Waals surface area contributed by atoms with Gasteiger partial charge in [0.25, 0.3) is 0 Å². The molecule has 0 amide bonds. The van der Waals surface area contributed by atoms with Gasteiger partial charge in [-0.15, -0.1) is 0 Å². The fraction of sp³-hybridized carbons (Fsp3) is 0.0189. The van der Waals surface area contributed by atoms with Crippen LogP contribution in [0.15, 0.2) is 212 Å². The second-order valence-electron chi connectivity index (χ2n) is 14.4. The van der Waals surface area contributed by atoms with Crippen molar-refractivity contribution >= 4 is 27.8 Å². The third-order valence-corrected chi connectivity index (χ3v) is 11.5. The highest BCUT2D eigenvalue weighted by atomic mass is 16.5. The van der Waals surface area contributed by atoms with E-state index in [0.29, 0.717) is 0 Å². The smallest absolute Gasteiger partial charge is 0.132 e. The minimum atomic E-state index is -0.535. The van der Waals surface area contributed by atoms with Crippen molar-refractivity contribution < 1.29 is 4.74 Å². The first-order valence-corrected chi connectivity index (χ1v) is 18.9. The Kier molecular flexibility index (Phi) is 7.11. The summed E-state index contributed by atoms with van der Waals surface area (Å²) in [6, 6.07) is 76.8. The lowest BCUT2D eigenvalue weighted by atomic mass is 9.66. The quantitative estimate of drug-likeness (QED) is 0.177. The third-order valence-electron chi connectivity index (χ3n) is 11.5. The lowest BCUT2D eigenvalue weighted by Gasteiger charge is -2.39. The molecule has 1 heterocycles. The van der Waals surface area contributed by atoms with Gasteiger partial charge in [0, 0.05) is 28.1 Å². The van der Waals surface area contributed by atoms with Gasteiger partial charge < -0.3 is 9.64 Å². The molecule has 1 aliphatic heterocycles. The largest absolute Gasteiger partial charge is 0.457 e. The van der Waals surface area contributed by atoms with Gasteiger partial charge in [0.2, 0.25) is 0 Å². The first-order chi connectivity index (χ1) is 27.3. The van der Waals surface area contributed by atoms with Gasteiger partial charge >= 0.3 is 0 Å². The molecule has 0 saturated carbocycles. The van der Waals surface area contributed by atoms with Crippen molar-refractivity contribution in [1.29, 1.82) is 0 Å². The molecule has 258 valence electrons. The number of anilines is 3. The van der Waals surface area contributed by atoms with Crippen LogP contribution in [0.2, 0.25) is 0 Å². The van der Waals surface area contributed by atoms with Crippen LogP contribution in [0.25, 0.3) is 44.2 Å². The van der Waals surface area contributed by atoms with Gasteiger partial charge in [-0.05, 0) is 98.2 Å². The number of nitrogens with zero attached hydrogens (tertiary/aromatic N) is 1. The number of para-hydroxylation sites is 3. The summed E-state index contributed by atoms with van der Waals surface area (Å²) >= 11 is 0. The highest BCUT2D eigenvalue weighted by Gasteiger charge is 2.51. The van der Waals surface area contributed by atoms with E-state index in [2.05, 4.69) is 217 Å². The summed E-state index contributed by atoms with van der Waals surface area (Å²) in [5, 5.41) is 2.48. The Morgan fingerprint density at radius 2 is 0.927 bits per heavy atom. The van der Waals surface area contributed by atoms with Crippen LogP contribution in [0.1, 0.15) is 22.3 Å². The molecule has 0 radical (unpaired) electrons. The molecule has 55 heavy (non-hydrogen) atoms. The lowest BCUT2D eigenvalue weighted by molar-refractivity contribution is 0.436. The molecule has 0 N–H and O–H groups in total. The Morgan fingerprint density at radius 1 is 0.364 bits per heavy atom. The first-order valence-electron chi connectivity index (χ1n) is 18.9. The topological polar surface area (TPSA) is 12.5 Å². The van der Waals surface area contributed by atoms with E-state index in [1.54, 1.807) is 0 Å². The molecule has 11 rings (SSSR count).